The van der Waals surface area contributed by atoms with Crippen molar-refractivity contribution in [2.24, 2.45) is 5.92 Å². The Balaban J connectivity index is 2.02. The van der Waals surface area contributed by atoms with Gasteiger partial charge in [-0.15, -0.1) is 0 Å². The molecule has 1 amide bonds. The van der Waals surface area contributed by atoms with Gasteiger partial charge in [-0.2, -0.15) is 5.26 Å². The number of carbonyl (C=O) groups excluding carboxylic acids is 1. The lowest BCUT2D eigenvalue weighted by molar-refractivity contribution is -0.124. The highest BCUT2D eigenvalue weighted by Gasteiger charge is 2.30. The van der Waals surface area contributed by atoms with E-state index in [1.165, 1.54) is 0 Å². The summed E-state index contributed by atoms with van der Waals surface area (Å²) >= 11 is 6.26. The van der Waals surface area contributed by atoms with Crippen LogP contribution < -0.4 is 10.1 Å². The lowest BCUT2D eigenvalue weighted by Gasteiger charge is -2.27. The van der Waals surface area contributed by atoms with E-state index in [-0.39, 0.29) is 18.4 Å². The number of rotatable bonds is 6. The first-order chi connectivity index (χ1) is 11.9. The first-order valence-electron chi connectivity index (χ1n) is 8.06. The summed E-state index contributed by atoms with van der Waals surface area (Å²) in [6.45, 7) is 5.25. The van der Waals surface area contributed by atoms with E-state index < -0.39 is 5.54 Å². The van der Waals surface area contributed by atoms with Crippen molar-refractivity contribution in [1.29, 1.82) is 5.26 Å². The molecule has 0 aliphatic carbocycles. The van der Waals surface area contributed by atoms with E-state index in [4.69, 9.17) is 16.3 Å². The predicted octanol–water partition coefficient (Wildman–Crippen LogP) is 4.44. The smallest absolute Gasteiger partial charge is 0.259 e. The van der Waals surface area contributed by atoms with Crippen LogP contribution in [0.5, 0.6) is 5.75 Å². The molecule has 1 N–H and O–H groups in total. The molecule has 0 heterocycles. The highest BCUT2D eigenvalue weighted by molar-refractivity contribution is 6.32. The number of hydrogen-bond donors (Lipinski definition) is 1. The second-order valence-corrected chi connectivity index (χ2v) is 6.72. The van der Waals surface area contributed by atoms with Crippen LogP contribution in [0.1, 0.15) is 20.8 Å². The van der Waals surface area contributed by atoms with E-state index in [0.29, 0.717) is 10.8 Å². The standard InChI is InChI=1S/C20H21ClN2O2/c1-14(2)20(3,13-22)23-19(24)12-25-18-10-9-16(11-17(18)21)15-7-5-4-6-8-15/h4-11,14H,12H2,1-3H3,(H,23,24)/t20-/m0/s1. The van der Waals surface area contributed by atoms with Gasteiger partial charge in [-0.25, -0.2) is 0 Å². The van der Waals surface area contributed by atoms with Crippen molar-refractivity contribution < 1.29 is 9.53 Å². The third-order valence-corrected chi connectivity index (χ3v) is 4.48. The van der Waals surface area contributed by atoms with Crippen molar-refractivity contribution in [2.75, 3.05) is 6.61 Å². The number of halogens is 1. The SMILES string of the molecule is CC(C)[C@](C)(C#N)NC(=O)COc1ccc(-c2ccccc2)cc1Cl. The molecule has 2 aromatic carbocycles. The van der Waals surface area contributed by atoms with Gasteiger partial charge < -0.3 is 10.1 Å². The summed E-state index contributed by atoms with van der Waals surface area (Å²) in [6, 6.07) is 17.4. The largest absolute Gasteiger partial charge is 0.482 e. The molecule has 2 aromatic rings. The van der Waals surface area contributed by atoms with Gasteiger partial charge in [0.1, 0.15) is 11.3 Å². The topological polar surface area (TPSA) is 62.1 Å². The van der Waals surface area contributed by atoms with Gasteiger partial charge in [-0.05, 0) is 36.1 Å². The first kappa shape index (κ1) is 18.8. The molecule has 0 saturated carbocycles. The van der Waals surface area contributed by atoms with Crippen molar-refractivity contribution in [3.8, 4) is 22.9 Å². The molecule has 2 rings (SSSR count). The monoisotopic (exact) mass is 356 g/mol. The van der Waals surface area contributed by atoms with Crippen LogP contribution in [0.4, 0.5) is 0 Å². The Kier molecular flexibility index (Phi) is 6.06. The normalized spacial score (nSPS) is 13.0. The number of amides is 1. The van der Waals surface area contributed by atoms with E-state index in [1.54, 1.807) is 19.1 Å². The van der Waals surface area contributed by atoms with Crippen LogP contribution >= 0.6 is 11.6 Å². The van der Waals surface area contributed by atoms with Gasteiger partial charge in [-0.3, -0.25) is 4.79 Å². The zero-order chi connectivity index (χ0) is 18.4. The molecule has 5 heteroatoms. The molecule has 0 aliphatic rings. The number of hydrogen-bond acceptors (Lipinski definition) is 3. The van der Waals surface area contributed by atoms with Crippen molar-refractivity contribution in [3.05, 3.63) is 53.6 Å². The molecule has 4 nitrogen and oxygen atoms in total. The van der Waals surface area contributed by atoms with Gasteiger partial charge in [0.25, 0.3) is 5.91 Å². The Labute approximate surface area is 153 Å². The maximum absolute atomic E-state index is 12.1. The molecular formula is C20H21ClN2O2. The van der Waals surface area contributed by atoms with Crippen LogP contribution in [0.25, 0.3) is 11.1 Å². The molecule has 130 valence electrons. The summed E-state index contributed by atoms with van der Waals surface area (Å²) in [5, 5.41) is 12.4. The minimum Gasteiger partial charge on any atom is -0.482 e. The third-order valence-electron chi connectivity index (χ3n) is 4.18. The van der Waals surface area contributed by atoms with E-state index >= 15 is 0 Å². The first-order valence-corrected chi connectivity index (χ1v) is 8.43. The minimum atomic E-state index is -0.929. The van der Waals surface area contributed by atoms with Crippen molar-refractivity contribution >= 4 is 17.5 Å². The average Bonchev–Trinajstić information content (AvgIpc) is 2.61. The molecule has 0 saturated heterocycles. The van der Waals surface area contributed by atoms with Crippen molar-refractivity contribution in [1.82, 2.24) is 5.32 Å². The molecular weight excluding hydrogens is 336 g/mol. The minimum absolute atomic E-state index is 0.0183. The van der Waals surface area contributed by atoms with Gasteiger partial charge in [0.15, 0.2) is 6.61 Å². The summed E-state index contributed by atoms with van der Waals surface area (Å²) in [7, 11) is 0. The van der Waals surface area contributed by atoms with Crippen LogP contribution in [0, 0.1) is 17.2 Å². The van der Waals surface area contributed by atoms with Crippen molar-refractivity contribution in [2.45, 2.75) is 26.3 Å². The Morgan fingerprint density at radius 1 is 1.24 bits per heavy atom. The second kappa shape index (κ2) is 8.04. The average molecular weight is 357 g/mol. The number of benzene rings is 2. The molecule has 25 heavy (non-hydrogen) atoms. The van der Waals surface area contributed by atoms with Gasteiger partial charge >= 0.3 is 0 Å². The van der Waals surface area contributed by atoms with Crippen LogP contribution in [-0.2, 0) is 4.79 Å². The van der Waals surface area contributed by atoms with Crippen LogP contribution in [-0.4, -0.2) is 18.1 Å². The maximum atomic E-state index is 12.1. The van der Waals surface area contributed by atoms with E-state index in [1.807, 2.05) is 50.2 Å². The molecule has 0 aliphatic heterocycles. The number of nitriles is 1. The quantitative estimate of drug-likeness (QED) is 0.832. The summed E-state index contributed by atoms with van der Waals surface area (Å²) in [5.41, 5.74) is 1.09. The van der Waals surface area contributed by atoms with Gasteiger partial charge in [0.2, 0.25) is 0 Å². The van der Waals surface area contributed by atoms with E-state index in [0.717, 1.165) is 11.1 Å². The highest BCUT2D eigenvalue weighted by atomic mass is 35.5. The lowest BCUT2D eigenvalue weighted by atomic mass is 9.90. The predicted molar refractivity (Wildman–Crippen MR) is 99.4 cm³/mol. The molecule has 0 unspecified atom stereocenters. The van der Waals surface area contributed by atoms with Crippen LogP contribution in [0.2, 0.25) is 5.02 Å². The Hall–Kier alpha value is -2.51. The summed E-state index contributed by atoms with van der Waals surface area (Å²) in [4.78, 5) is 12.1. The Morgan fingerprint density at radius 2 is 1.92 bits per heavy atom. The lowest BCUT2D eigenvalue weighted by Crippen LogP contribution is -2.50. The molecule has 0 aromatic heterocycles. The Bertz CT molecular complexity index is 784. The van der Waals surface area contributed by atoms with Crippen LogP contribution in [0.15, 0.2) is 48.5 Å². The molecule has 0 fully saturated rings. The van der Waals surface area contributed by atoms with Crippen molar-refractivity contribution in [3.63, 3.8) is 0 Å². The summed E-state index contributed by atoms with van der Waals surface area (Å²) in [6.07, 6.45) is 0. The van der Waals surface area contributed by atoms with E-state index in [2.05, 4.69) is 11.4 Å². The maximum Gasteiger partial charge on any atom is 0.259 e. The summed E-state index contributed by atoms with van der Waals surface area (Å²) < 4.78 is 5.51. The van der Waals surface area contributed by atoms with Gasteiger partial charge in [-0.1, -0.05) is 61.8 Å². The fourth-order valence-electron chi connectivity index (χ4n) is 2.20. The molecule has 1 atom stereocenters. The second-order valence-electron chi connectivity index (χ2n) is 6.32. The Morgan fingerprint density at radius 3 is 2.48 bits per heavy atom. The van der Waals surface area contributed by atoms with E-state index in [9.17, 15) is 10.1 Å². The zero-order valence-corrected chi connectivity index (χ0v) is 15.3. The number of carbonyl (C=O) groups is 1. The van der Waals surface area contributed by atoms with Gasteiger partial charge in [0.05, 0.1) is 11.1 Å². The molecule has 0 spiro atoms. The zero-order valence-electron chi connectivity index (χ0n) is 14.5. The molecule has 0 bridgehead atoms. The van der Waals surface area contributed by atoms with Gasteiger partial charge in [0, 0.05) is 0 Å². The highest BCUT2D eigenvalue weighted by Crippen LogP contribution is 2.30. The number of ether oxygens (including phenoxy) is 1. The number of nitrogens with one attached hydrogen (secondary N) is 1. The van der Waals surface area contributed by atoms with Crippen LogP contribution in [0.3, 0.4) is 0 Å². The fraction of sp³-hybridized carbons (Fsp3) is 0.300. The number of nitrogens with zero attached hydrogens (tertiary/aromatic N) is 1. The third kappa shape index (κ3) is 4.74. The molecule has 0 radical (unpaired) electrons. The summed E-state index contributed by atoms with van der Waals surface area (Å²) in [5.74, 6) is 0.0517. The fourth-order valence-corrected chi connectivity index (χ4v) is 2.43.